The largest absolute Gasteiger partial charge is 0.493 e. The van der Waals surface area contributed by atoms with Gasteiger partial charge < -0.3 is 14.8 Å². The van der Waals surface area contributed by atoms with Crippen molar-refractivity contribution in [1.29, 1.82) is 0 Å². The van der Waals surface area contributed by atoms with Crippen LogP contribution in [-0.4, -0.2) is 19.6 Å². The van der Waals surface area contributed by atoms with Crippen LogP contribution in [0.15, 0.2) is 54.0 Å². The second-order valence-corrected chi connectivity index (χ2v) is 11.8. The fourth-order valence-electron chi connectivity index (χ4n) is 4.89. The highest BCUT2D eigenvalue weighted by Gasteiger charge is 2.11. The van der Waals surface area contributed by atoms with E-state index in [0.29, 0.717) is 18.1 Å². The Morgan fingerprint density at radius 3 is 2.05 bits per heavy atom. The van der Waals surface area contributed by atoms with Gasteiger partial charge in [-0.25, -0.2) is 0 Å². The lowest BCUT2D eigenvalue weighted by molar-refractivity contribution is -0.689. The third-order valence-corrected chi connectivity index (χ3v) is 8.16. The number of benzene rings is 2. The number of nitrogens with one attached hydrogen (secondary N) is 1. The van der Waals surface area contributed by atoms with Gasteiger partial charge in [-0.1, -0.05) is 107 Å². The molecule has 6 heteroatoms. The van der Waals surface area contributed by atoms with E-state index in [0.717, 1.165) is 24.2 Å². The highest BCUT2D eigenvalue weighted by Crippen LogP contribution is 2.29. The Morgan fingerprint density at radius 1 is 0.825 bits per heavy atom. The van der Waals surface area contributed by atoms with Crippen LogP contribution in [0.2, 0.25) is 0 Å². The molecule has 5 nitrogen and oxygen atoms in total. The predicted molar refractivity (Wildman–Crippen MR) is 167 cm³/mol. The Labute approximate surface area is 245 Å². The summed E-state index contributed by atoms with van der Waals surface area (Å²) in [7, 11) is 1.65. The molecule has 0 radical (unpaired) electrons. The molecule has 0 saturated heterocycles. The number of hydrogen-bond acceptors (Lipinski definition) is 4. The summed E-state index contributed by atoms with van der Waals surface area (Å²) in [6.45, 7) is 5.89. The highest BCUT2D eigenvalue weighted by molar-refractivity contribution is 7.09. The summed E-state index contributed by atoms with van der Waals surface area (Å²) in [6, 6.07) is 13.8. The Hall–Kier alpha value is -2.86. The molecule has 1 heterocycles. The summed E-state index contributed by atoms with van der Waals surface area (Å²) >= 11 is 1.74. The van der Waals surface area contributed by atoms with E-state index < -0.39 is 0 Å². The van der Waals surface area contributed by atoms with Gasteiger partial charge in [0, 0.05) is 18.2 Å². The molecule has 2 aromatic carbocycles. The van der Waals surface area contributed by atoms with E-state index >= 15 is 0 Å². The number of unbranched alkanes of at least 4 members (excludes halogenated alkanes) is 11. The van der Waals surface area contributed by atoms with Crippen LogP contribution in [0.25, 0.3) is 0 Å². The number of carbonyl (C=O) groups excluding carboxylic acids is 1. The minimum absolute atomic E-state index is 0.0483. The lowest BCUT2D eigenvalue weighted by atomic mass is 10.1. The van der Waals surface area contributed by atoms with Gasteiger partial charge in [0.1, 0.15) is 0 Å². The van der Waals surface area contributed by atoms with Gasteiger partial charge in [-0.05, 0) is 36.2 Å². The van der Waals surface area contributed by atoms with Crippen LogP contribution in [0.4, 0.5) is 5.69 Å². The van der Waals surface area contributed by atoms with Gasteiger partial charge in [-0.15, -0.1) is 0 Å². The number of amides is 1. The summed E-state index contributed by atoms with van der Waals surface area (Å²) in [5, 5.41) is 6.38. The van der Waals surface area contributed by atoms with Gasteiger partial charge in [0.2, 0.25) is 10.9 Å². The SMILES string of the molecule is CCCCCCCCCCCCCCOc1cc(CC(=O)Nc2ccc(C[n+]3ccsc3C)cc2)ccc1OC. The minimum atomic E-state index is -0.0483. The zero-order valence-corrected chi connectivity index (χ0v) is 25.7. The number of rotatable bonds is 20. The Balaban J connectivity index is 1.34. The second kappa shape index (κ2) is 18.5. The molecule has 1 amide bonds. The topological polar surface area (TPSA) is 51.4 Å². The van der Waals surface area contributed by atoms with Crippen molar-refractivity contribution in [3.05, 3.63) is 70.2 Å². The summed E-state index contributed by atoms with van der Waals surface area (Å²) in [4.78, 5) is 12.7. The average Bonchev–Trinajstić information content (AvgIpc) is 3.36. The maximum Gasteiger partial charge on any atom is 0.234 e. The van der Waals surface area contributed by atoms with E-state index in [2.05, 4.69) is 47.4 Å². The number of aryl methyl sites for hydroxylation is 1. The zero-order valence-electron chi connectivity index (χ0n) is 24.9. The van der Waals surface area contributed by atoms with Crippen LogP contribution < -0.4 is 19.4 Å². The molecular formula is C34H49N2O3S+. The summed E-state index contributed by atoms with van der Waals surface area (Å²) in [5.74, 6) is 1.37. The molecular weight excluding hydrogens is 516 g/mol. The quantitative estimate of drug-likeness (QED) is 0.110. The monoisotopic (exact) mass is 565 g/mol. The standard InChI is InChI=1S/C34H48N2O3S/c1-4-5-6-7-8-9-10-11-12-13-14-15-23-39-33-25-30(18-21-32(33)38-3)26-34(37)35-31-19-16-29(17-20-31)27-36-22-24-40-28(36)2/h16-22,24-25H,4-15,23,26-27H2,1-3H3/p+1. The van der Waals surface area contributed by atoms with Gasteiger partial charge >= 0.3 is 0 Å². The third-order valence-electron chi connectivity index (χ3n) is 7.32. The van der Waals surface area contributed by atoms with Crippen molar-refractivity contribution in [1.82, 2.24) is 0 Å². The number of anilines is 1. The van der Waals surface area contributed by atoms with E-state index in [4.69, 9.17) is 9.47 Å². The molecule has 3 rings (SSSR count). The molecule has 0 fully saturated rings. The number of carbonyl (C=O) groups is 1. The molecule has 0 aliphatic carbocycles. The minimum Gasteiger partial charge on any atom is -0.493 e. The molecule has 1 aromatic heterocycles. The van der Waals surface area contributed by atoms with Crippen LogP contribution in [-0.2, 0) is 17.8 Å². The first-order valence-electron chi connectivity index (χ1n) is 15.2. The number of aromatic nitrogens is 1. The molecule has 0 atom stereocenters. The van der Waals surface area contributed by atoms with E-state index in [1.54, 1.807) is 18.4 Å². The van der Waals surface area contributed by atoms with Gasteiger partial charge in [0.15, 0.2) is 24.2 Å². The van der Waals surface area contributed by atoms with Crippen molar-refractivity contribution in [2.75, 3.05) is 19.0 Å². The summed E-state index contributed by atoms with van der Waals surface area (Å²) in [6.07, 6.45) is 18.2. The van der Waals surface area contributed by atoms with Crippen molar-refractivity contribution < 1.29 is 18.8 Å². The smallest absolute Gasteiger partial charge is 0.234 e. The highest BCUT2D eigenvalue weighted by atomic mass is 32.1. The zero-order chi connectivity index (χ0) is 28.4. The van der Waals surface area contributed by atoms with Crippen LogP contribution >= 0.6 is 11.3 Å². The molecule has 218 valence electrons. The van der Waals surface area contributed by atoms with Crippen molar-refractivity contribution in [2.24, 2.45) is 0 Å². The first-order valence-corrected chi connectivity index (χ1v) is 16.1. The van der Waals surface area contributed by atoms with Crippen molar-refractivity contribution in [3.8, 4) is 11.5 Å². The molecule has 0 bridgehead atoms. The first kappa shape index (κ1) is 31.7. The summed E-state index contributed by atoms with van der Waals surface area (Å²) in [5.41, 5.74) is 2.91. The molecule has 0 aliphatic heterocycles. The molecule has 0 unspecified atom stereocenters. The van der Waals surface area contributed by atoms with Gasteiger partial charge in [0.05, 0.1) is 25.5 Å². The number of thiazole rings is 1. The Bertz CT molecular complexity index is 1130. The van der Waals surface area contributed by atoms with Crippen LogP contribution in [0.1, 0.15) is 100 Å². The Morgan fingerprint density at radius 2 is 1.45 bits per heavy atom. The Kier molecular flexibility index (Phi) is 14.6. The first-order chi connectivity index (χ1) is 19.6. The molecule has 0 spiro atoms. The lowest BCUT2D eigenvalue weighted by Crippen LogP contribution is -2.34. The van der Waals surface area contributed by atoms with Gasteiger partial charge in [-0.2, -0.15) is 4.57 Å². The summed E-state index contributed by atoms with van der Waals surface area (Å²) < 4.78 is 13.8. The molecule has 0 saturated carbocycles. The lowest BCUT2D eigenvalue weighted by Gasteiger charge is -2.13. The number of ether oxygens (including phenoxy) is 2. The van der Waals surface area contributed by atoms with Crippen molar-refractivity contribution in [2.45, 2.75) is 104 Å². The average molecular weight is 566 g/mol. The van der Waals surface area contributed by atoms with Gasteiger partial charge in [-0.3, -0.25) is 4.79 Å². The van der Waals surface area contributed by atoms with Crippen LogP contribution in [0, 0.1) is 6.92 Å². The molecule has 3 aromatic rings. The van der Waals surface area contributed by atoms with E-state index in [1.807, 2.05) is 30.3 Å². The molecule has 0 aliphatic rings. The third kappa shape index (κ3) is 11.7. The van der Waals surface area contributed by atoms with Crippen molar-refractivity contribution in [3.63, 3.8) is 0 Å². The van der Waals surface area contributed by atoms with Crippen molar-refractivity contribution >= 4 is 22.9 Å². The van der Waals surface area contributed by atoms with Crippen LogP contribution in [0.5, 0.6) is 11.5 Å². The van der Waals surface area contributed by atoms with Gasteiger partial charge in [0.25, 0.3) is 0 Å². The fourth-order valence-corrected chi connectivity index (χ4v) is 5.55. The van der Waals surface area contributed by atoms with E-state index in [-0.39, 0.29) is 12.3 Å². The maximum atomic E-state index is 12.7. The molecule has 40 heavy (non-hydrogen) atoms. The second-order valence-electron chi connectivity index (χ2n) is 10.7. The fraction of sp³-hybridized carbons (Fsp3) is 0.529. The maximum absolute atomic E-state index is 12.7. The predicted octanol–water partition coefficient (Wildman–Crippen LogP) is 8.66. The number of methoxy groups -OCH3 is 1. The molecule has 1 N–H and O–H groups in total. The normalized spacial score (nSPS) is 11.0. The number of nitrogens with zero attached hydrogens (tertiary/aromatic N) is 1. The van der Waals surface area contributed by atoms with E-state index in [1.165, 1.54) is 81.2 Å². The van der Waals surface area contributed by atoms with E-state index in [9.17, 15) is 4.79 Å². The number of hydrogen-bond donors (Lipinski definition) is 1. The van der Waals surface area contributed by atoms with Crippen LogP contribution in [0.3, 0.4) is 0 Å².